The number of aromatic nitrogens is 2. The van der Waals surface area contributed by atoms with Gasteiger partial charge in [0.2, 0.25) is 0 Å². The van der Waals surface area contributed by atoms with E-state index in [4.69, 9.17) is 4.74 Å². The first-order valence-electron chi connectivity index (χ1n) is 6.37. The van der Waals surface area contributed by atoms with Crippen molar-refractivity contribution >= 4 is 5.91 Å². The standard InChI is InChI=1S/C13H17N3O2/c1-8-12(5-14-9(2)15-8)13(17)16(10-3-4-10)11-6-18-7-11/h5,10-11H,3-4,6-7H2,1-2H3. The molecule has 0 bridgehead atoms. The van der Waals surface area contributed by atoms with E-state index in [1.54, 1.807) is 6.20 Å². The van der Waals surface area contributed by atoms with Crippen LogP contribution in [0.5, 0.6) is 0 Å². The van der Waals surface area contributed by atoms with E-state index in [9.17, 15) is 4.79 Å². The van der Waals surface area contributed by atoms with Gasteiger partial charge in [-0.05, 0) is 26.7 Å². The highest BCUT2D eigenvalue weighted by atomic mass is 16.5. The molecule has 2 aliphatic rings. The highest BCUT2D eigenvalue weighted by Crippen LogP contribution is 2.32. The summed E-state index contributed by atoms with van der Waals surface area (Å²) in [6.07, 6.45) is 3.86. The first kappa shape index (κ1) is 11.6. The number of nitrogens with zero attached hydrogens (tertiary/aromatic N) is 3. The molecule has 1 aliphatic heterocycles. The zero-order valence-corrected chi connectivity index (χ0v) is 10.7. The molecule has 1 aromatic heterocycles. The number of amides is 1. The summed E-state index contributed by atoms with van der Waals surface area (Å²) >= 11 is 0. The summed E-state index contributed by atoms with van der Waals surface area (Å²) in [7, 11) is 0. The average Bonchev–Trinajstić information content (AvgIpc) is 3.06. The van der Waals surface area contributed by atoms with Crippen LogP contribution in [0.4, 0.5) is 0 Å². The lowest BCUT2D eigenvalue weighted by Crippen LogP contribution is -2.52. The first-order chi connectivity index (χ1) is 8.66. The molecule has 0 radical (unpaired) electrons. The number of rotatable bonds is 3. The van der Waals surface area contributed by atoms with Gasteiger partial charge in [0.25, 0.3) is 5.91 Å². The van der Waals surface area contributed by atoms with E-state index < -0.39 is 0 Å². The molecule has 0 N–H and O–H groups in total. The molecule has 1 amide bonds. The second kappa shape index (κ2) is 4.31. The first-order valence-corrected chi connectivity index (χ1v) is 6.37. The van der Waals surface area contributed by atoms with Crippen LogP contribution >= 0.6 is 0 Å². The van der Waals surface area contributed by atoms with Gasteiger partial charge in [-0.1, -0.05) is 0 Å². The Kier molecular flexibility index (Phi) is 2.78. The van der Waals surface area contributed by atoms with Gasteiger partial charge in [-0.15, -0.1) is 0 Å². The summed E-state index contributed by atoms with van der Waals surface area (Å²) in [5, 5.41) is 0. The second-order valence-corrected chi connectivity index (χ2v) is 5.05. The number of carbonyl (C=O) groups is 1. The SMILES string of the molecule is Cc1ncc(C(=O)N(C2CC2)C2COC2)c(C)n1. The van der Waals surface area contributed by atoms with Crippen LogP contribution in [0, 0.1) is 13.8 Å². The molecule has 3 rings (SSSR count). The number of aryl methyl sites for hydroxylation is 2. The van der Waals surface area contributed by atoms with Crippen molar-refractivity contribution in [2.75, 3.05) is 13.2 Å². The fourth-order valence-electron chi connectivity index (χ4n) is 2.30. The molecule has 1 aromatic rings. The normalized spacial score (nSPS) is 19.4. The van der Waals surface area contributed by atoms with Crippen LogP contribution in [0.2, 0.25) is 0 Å². The monoisotopic (exact) mass is 247 g/mol. The lowest BCUT2D eigenvalue weighted by atomic mass is 10.1. The summed E-state index contributed by atoms with van der Waals surface area (Å²) in [6.45, 7) is 5.02. The maximum absolute atomic E-state index is 12.6. The molecule has 5 nitrogen and oxygen atoms in total. The van der Waals surface area contributed by atoms with E-state index in [1.807, 2.05) is 18.7 Å². The van der Waals surface area contributed by atoms with Gasteiger partial charge in [-0.2, -0.15) is 0 Å². The molecule has 0 spiro atoms. The summed E-state index contributed by atoms with van der Waals surface area (Å²) in [4.78, 5) is 23.0. The third-order valence-electron chi connectivity index (χ3n) is 3.52. The highest BCUT2D eigenvalue weighted by molar-refractivity contribution is 5.95. The van der Waals surface area contributed by atoms with E-state index in [1.165, 1.54) is 0 Å². The Hall–Kier alpha value is -1.49. The minimum atomic E-state index is 0.0586. The van der Waals surface area contributed by atoms with Gasteiger partial charge in [0, 0.05) is 12.2 Å². The highest BCUT2D eigenvalue weighted by Gasteiger charge is 2.41. The number of hydrogen-bond acceptors (Lipinski definition) is 4. The molecular formula is C13H17N3O2. The Balaban J connectivity index is 1.86. The van der Waals surface area contributed by atoms with Crippen molar-refractivity contribution in [3.05, 3.63) is 23.3 Å². The molecule has 0 aromatic carbocycles. The third kappa shape index (κ3) is 1.99. The maximum Gasteiger partial charge on any atom is 0.257 e. The summed E-state index contributed by atoms with van der Waals surface area (Å²) < 4.78 is 5.20. The summed E-state index contributed by atoms with van der Waals surface area (Å²) in [5.41, 5.74) is 1.39. The van der Waals surface area contributed by atoms with E-state index in [2.05, 4.69) is 9.97 Å². The molecule has 2 heterocycles. The Morgan fingerprint density at radius 2 is 2.06 bits per heavy atom. The van der Waals surface area contributed by atoms with Crippen molar-refractivity contribution in [3.8, 4) is 0 Å². The second-order valence-electron chi connectivity index (χ2n) is 5.05. The summed E-state index contributed by atoms with van der Waals surface area (Å²) in [6, 6.07) is 0.637. The predicted octanol–water partition coefficient (Wildman–Crippen LogP) is 1.10. The largest absolute Gasteiger partial charge is 0.377 e. The van der Waals surface area contributed by atoms with Gasteiger partial charge in [-0.3, -0.25) is 4.79 Å². The van der Waals surface area contributed by atoms with Crippen LogP contribution in [0.25, 0.3) is 0 Å². The quantitative estimate of drug-likeness (QED) is 0.802. The minimum Gasteiger partial charge on any atom is -0.377 e. The van der Waals surface area contributed by atoms with E-state index in [0.29, 0.717) is 30.6 Å². The van der Waals surface area contributed by atoms with Crippen LogP contribution in [-0.4, -0.2) is 46.1 Å². The molecule has 96 valence electrons. The Morgan fingerprint density at radius 3 is 2.56 bits per heavy atom. The smallest absolute Gasteiger partial charge is 0.257 e. The zero-order valence-electron chi connectivity index (χ0n) is 10.7. The molecule has 1 aliphatic carbocycles. The summed E-state index contributed by atoms with van der Waals surface area (Å²) in [5.74, 6) is 0.761. The van der Waals surface area contributed by atoms with Gasteiger partial charge in [0.1, 0.15) is 5.82 Å². The van der Waals surface area contributed by atoms with Gasteiger partial charge in [0.15, 0.2) is 0 Å². The lowest BCUT2D eigenvalue weighted by molar-refractivity contribution is -0.0566. The number of ether oxygens (including phenoxy) is 1. The van der Waals surface area contributed by atoms with Crippen molar-refractivity contribution in [2.45, 2.75) is 38.8 Å². The molecule has 1 saturated heterocycles. The van der Waals surface area contributed by atoms with Crippen LogP contribution in [-0.2, 0) is 4.74 Å². The van der Waals surface area contributed by atoms with Crippen molar-refractivity contribution in [2.24, 2.45) is 0 Å². The van der Waals surface area contributed by atoms with Crippen molar-refractivity contribution < 1.29 is 9.53 Å². The van der Waals surface area contributed by atoms with Crippen molar-refractivity contribution in [1.82, 2.24) is 14.9 Å². The molecule has 0 atom stereocenters. The number of hydrogen-bond donors (Lipinski definition) is 0. The molecule has 0 unspecified atom stereocenters. The Labute approximate surface area is 106 Å². The molecule has 18 heavy (non-hydrogen) atoms. The van der Waals surface area contributed by atoms with Crippen LogP contribution in [0.3, 0.4) is 0 Å². The minimum absolute atomic E-state index is 0.0586. The Morgan fingerprint density at radius 1 is 1.33 bits per heavy atom. The van der Waals surface area contributed by atoms with Gasteiger partial charge < -0.3 is 9.64 Å². The number of carbonyl (C=O) groups excluding carboxylic acids is 1. The van der Waals surface area contributed by atoms with E-state index in [-0.39, 0.29) is 11.9 Å². The van der Waals surface area contributed by atoms with Crippen LogP contribution < -0.4 is 0 Å². The predicted molar refractivity (Wildman–Crippen MR) is 65.3 cm³/mol. The van der Waals surface area contributed by atoms with Gasteiger partial charge in [-0.25, -0.2) is 9.97 Å². The van der Waals surface area contributed by atoms with E-state index >= 15 is 0 Å². The fourth-order valence-corrected chi connectivity index (χ4v) is 2.30. The van der Waals surface area contributed by atoms with Gasteiger partial charge >= 0.3 is 0 Å². The van der Waals surface area contributed by atoms with Crippen LogP contribution in [0.15, 0.2) is 6.20 Å². The van der Waals surface area contributed by atoms with Gasteiger partial charge in [0.05, 0.1) is 30.5 Å². The zero-order chi connectivity index (χ0) is 12.7. The average molecular weight is 247 g/mol. The van der Waals surface area contributed by atoms with E-state index in [0.717, 1.165) is 18.5 Å². The van der Waals surface area contributed by atoms with Crippen molar-refractivity contribution in [3.63, 3.8) is 0 Å². The third-order valence-corrected chi connectivity index (χ3v) is 3.52. The maximum atomic E-state index is 12.6. The fraction of sp³-hybridized carbons (Fsp3) is 0.615. The molecule has 2 fully saturated rings. The topological polar surface area (TPSA) is 55.3 Å². The van der Waals surface area contributed by atoms with Crippen LogP contribution in [0.1, 0.15) is 34.7 Å². The Bertz CT molecular complexity index is 481. The molecule has 1 saturated carbocycles. The lowest BCUT2D eigenvalue weighted by Gasteiger charge is -2.37. The van der Waals surface area contributed by atoms with Crippen molar-refractivity contribution in [1.29, 1.82) is 0 Å². The molecular weight excluding hydrogens is 230 g/mol. The molecule has 5 heteroatoms.